The lowest BCUT2D eigenvalue weighted by Gasteiger charge is -2.35. The van der Waals surface area contributed by atoms with E-state index in [0.29, 0.717) is 6.04 Å². The number of anilines is 1. The Kier molecular flexibility index (Phi) is 3.21. The molecule has 2 aliphatic heterocycles. The van der Waals surface area contributed by atoms with Crippen molar-refractivity contribution >= 4 is 5.69 Å². The van der Waals surface area contributed by atoms with E-state index in [1.807, 2.05) is 18.2 Å². The van der Waals surface area contributed by atoms with Crippen LogP contribution < -0.4 is 5.32 Å². The maximum Gasteiger partial charge on any atom is 0.0992 e. The smallest absolute Gasteiger partial charge is 0.0992 e. The number of fused-ring (bicyclic) bond motifs is 1. The van der Waals surface area contributed by atoms with Crippen LogP contribution in [0.5, 0.6) is 0 Å². The van der Waals surface area contributed by atoms with Crippen molar-refractivity contribution in [2.24, 2.45) is 0 Å². The largest absolute Gasteiger partial charge is 0.382 e. The summed E-state index contributed by atoms with van der Waals surface area (Å²) in [5.41, 5.74) is 1.82. The third-order valence-corrected chi connectivity index (χ3v) is 4.18. The molecule has 1 aromatic carbocycles. The highest BCUT2D eigenvalue weighted by Crippen LogP contribution is 2.28. The molecule has 0 aliphatic carbocycles. The highest BCUT2D eigenvalue weighted by Gasteiger charge is 2.31. The van der Waals surface area contributed by atoms with Crippen molar-refractivity contribution in [3.63, 3.8) is 0 Å². The number of nitrogens with one attached hydrogen (secondary N) is 1. The first-order chi connectivity index (χ1) is 8.85. The molecule has 0 bridgehead atoms. The summed E-state index contributed by atoms with van der Waals surface area (Å²) in [6.07, 6.45) is 5.18. The number of piperidine rings is 1. The molecule has 3 nitrogen and oxygen atoms in total. The second-order valence-corrected chi connectivity index (χ2v) is 5.39. The van der Waals surface area contributed by atoms with Gasteiger partial charge < -0.3 is 10.2 Å². The number of hydrogen-bond donors (Lipinski definition) is 1. The molecule has 3 heteroatoms. The van der Waals surface area contributed by atoms with Crippen LogP contribution in [0.15, 0.2) is 24.3 Å². The molecule has 2 unspecified atom stereocenters. The predicted molar refractivity (Wildman–Crippen MR) is 72.4 cm³/mol. The van der Waals surface area contributed by atoms with E-state index in [4.69, 9.17) is 5.26 Å². The van der Waals surface area contributed by atoms with Crippen LogP contribution in [0, 0.1) is 11.3 Å². The average Bonchev–Trinajstić information content (AvgIpc) is 2.86. The summed E-state index contributed by atoms with van der Waals surface area (Å²) in [6, 6.07) is 11.4. The van der Waals surface area contributed by atoms with Gasteiger partial charge in [0.1, 0.15) is 0 Å². The Hall–Kier alpha value is -1.53. The minimum atomic E-state index is 0.568. The van der Waals surface area contributed by atoms with Crippen molar-refractivity contribution in [1.82, 2.24) is 4.90 Å². The van der Waals surface area contributed by atoms with Crippen molar-refractivity contribution in [2.45, 2.75) is 37.8 Å². The van der Waals surface area contributed by atoms with Crippen LogP contribution in [0.1, 0.15) is 31.2 Å². The molecule has 2 aliphatic rings. The van der Waals surface area contributed by atoms with E-state index in [2.05, 4.69) is 22.4 Å². The van der Waals surface area contributed by atoms with E-state index in [-0.39, 0.29) is 0 Å². The van der Waals surface area contributed by atoms with Gasteiger partial charge in [0.05, 0.1) is 11.6 Å². The lowest BCUT2D eigenvalue weighted by atomic mass is 9.97. The number of benzene rings is 1. The van der Waals surface area contributed by atoms with Crippen molar-refractivity contribution in [3.05, 3.63) is 29.8 Å². The third-order valence-electron chi connectivity index (χ3n) is 4.18. The summed E-state index contributed by atoms with van der Waals surface area (Å²) in [6.45, 7) is 2.52. The highest BCUT2D eigenvalue weighted by atomic mass is 15.2. The fourth-order valence-corrected chi connectivity index (χ4v) is 3.27. The van der Waals surface area contributed by atoms with Gasteiger partial charge >= 0.3 is 0 Å². The summed E-state index contributed by atoms with van der Waals surface area (Å²) >= 11 is 0. The third kappa shape index (κ3) is 2.34. The number of hydrogen-bond acceptors (Lipinski definition) is 3. The molecular weight excluding hydrogens is 222 g/mol. The minimum absolute atomic E-state index is 0.568. The molecule has 0 amide bonds. The summed E-state index contributed by atoms with van der Waals surface area (Å²) in [5, 5.41) is 12.5. The Labute approximate surface area is 108 Å². The zero-order valence-electron chi connectivity index (χ0n) is 10.6. The molecule has 2 heterocycles. The minimum Gasteiger partial charge on any atom is -0.382 e. The summed E-state index contributed by atoms with van der Waals surface area (Å²) in [5.74, 6) is 0. The van der Waals surface area contributed by atoms with Gasteiger partial charge in [-0.25, -0.2) is 0 Å². The summed E-state index contributed by atoms with van der Waals surface area (Å²) in [4.78, 5) is 2.63. The molecule has 0 aromatic heterocycles. The van der Waals surface area contributed by atoms with Crippen LogP contribution in [0.2, 0.25) is 0 Å². The Morgan fingerprint density at radius 1 is 1.28 bits per heavy atom. The molecular formula is C15H19N3. The van der Waals surface area contributed by atoms with Gasteiger partial charge in [0, 0.05) is 24.3 Å². The zero-order valence-corrected chi connectivity index (χ0v) is 10.6. The van der Waals surface area contributed by atoms with Crippen LogP contribution in [-0.2, 0) is 0 Å². The van der Waals surface area contributed by atoms with Gasteiger partial charge in [-0.15, -0.1) is 0 Å². The molecule has 1 N–H and O–H groups in total. The molecule has 2 saturated heterocycles. The molecule has 18 heavy (non-hydrogen) atoms. The molecule has 2 fully saturated rings. The van der Waals surface area contributed by atoms with Crippen molar-refractivity contribution in [1.29, 1.82) is 5.26 Å². The van der Waals surface area contributed by atoms with E-state index in [1.165, 1.54) is 38.8 Å². The van der Waals surface area contributed by atoms with Crippen LogP contribution in [0.25, 0.3) is 0 Å². The normalized spacial score (nSPS) is 27.5. The van der Waals surface area contributed by atoms with Crippen molar-refractivity contribution in [2.75, 3.05) is 18.4 Å². The van der Waals surface area contributed by atoms with E-state index in [0.717, 1.165) is 17.3 Å². The van der Waals surface area contributed by atoms with E-state index in [1.54, 1.807) is 0 Å². The fourth-order valence-electron chi connectivity index (χ4n) is 3.27. The quantitative estimate of drug-likeness (QED) is 0.865. The van der Waals surface area contributed by atoms with Crippen molar-refractivity contribution < 1.29 is 0 Å². The number of rotatable bonds is 2. The van der Waals surface area contributed by atoms with Gasteiger partial charge in [0.15, 0.2) is 0 Å². The first kappa shape index (κ1) is 11.6. The highest BCUT2D eigenvalue weighted by molar-refractivity contribution is 5.49. The van der Waals surface area contributed by atoms with E-state index in [9.17, 15) is 0 Å². The van der Waals surface area contributed by atoms with Gasteiger partial charge in [-0.3, -0.25) is 0 Å². The first-order valence-electron chi connectivity index (χ1n) is 6.86. The first-order valence-corrected chi connectivity index (χ1v) is 6.86. The van der Waals surface area contributed by atoms with Gasteiger partial charge in [0.2, 0.25) is 0 Å². The maximum atomic E-state index is 8.91. The Bertz CT molecular complexity index is 463. The molecule has 2 atom stereocenters. The standard InChI is InChI=1S/C15H19N3/c16-11-12-3-1-4-13(9-12)17-14-6-8-18-7-2-5-15(18)10-14/h1,3-4,9,14-15,17H,2,5-8,10H2. The molecule has 3 rings (SSSR count). The molecule has 1 aromatic rings. The SMILES string of the molecule is N#Cc1cccc(NC2CCN3CCCC3C2)c1. The number of nitriles is 1. The summed E-state index contributed by atoms with van der Waals surface area (Å²) < 4.78 is 0. The van der Waals surface area contributed by atoms with Gasteiger partial charge in [-0.2, -0.15) is 5.26 Å². The topological polar surface area (TPSA) is 39.1 Å². The van der Waals surface area contributed by atoms with E-state index < -0.39 is 0 Å². The van der Waals surface area contributed by atoms with Crippen LogP contribution in [0.4, 0.5) is 5.69 Å². The Morgan fingerprint density at radius 2 is 2.22 bits per heavy atom. The lowest BCUT2D eigenvalue weighted by Crippen LogP contribution is -2.42. The molecule has 94 valence electrons. The van der Waals surface area contributed by atoms with E-state index >= 15 is 0 Å². The molecule has 0 spiro atoms. The zero-order chi connectivity index (χ0) is 12.4. The second kappa shape index (κ2) is 4.99. The van der Waals surface area contributed by atoms with Gasteiger partial charge in [-0.05, 0) is 50.4 Å². The monoisotopic (exact) mass is 241 g/mol. The fraction of sp³-hybridized carbons (Fsp3) is 0.533. The van der Waals surface area contributed by atoms with Gasteiger partial charge in [0.25, 0.3) is 0 Å². The maximum absolute atomic E-state index is 8.91. The Morgan fingerprint density at radius 3 is 3.11 bits per heavy atom. The molecule has 0 radical (unpaired) electrons. The van der Waals surface area contributed by atoms with Gasteiger partial charge in [-0.1, -0.05) is 6.07 Å². The van der Waals surface area contributed by atoms with Crippen LogP contribution in [0.3, 0.4) is 0 Å². The van der Waals surface area contributed by atoms with Crippen LogP contribution in [-0.4, -0.2) is 30.1 Å². The average molecular weight is 241 g/mol. The van der Waals surface area contributed by atoms with Crippen molar-refractivity contribution in [3.8, 4) is 6.07 Å². The summed E-state index contributed by atoms with van der Waals surface area (Å²) in [7, 11) is 0. The van der Waals surface area contributed by atoms with Crippen LogP contribution >= 0.6 is 0 Å². The lowest BCUT2D eigenvalue weighted by molar-refractivity contribution is 0.188. The number of nitrogens with zero attached hydrogens (tertiary/aromatic N) is 2. The second-order valence-electron chi connectivity index (χ2n) is 5.39. The molecule has 0 saturated carbocycles. The predicted octanol–water partition coefficient (Wildman–Crippen LogP) is 2.60. The Balaban J connectivity index is 1.64.